The van der Waals surface area contributed by atoms with Gasteiger partial charge in [0.2, 0.25) is 15.7 Å². The van der Waals surface area contributed by atoms with Crippen LogP contribution >= 0.6 is 0 Å². The first-order chi connectivity index (χ1) is 15.2. The van der Waals surface area contributed by atoms with Gasteiger partial charge in [0.1, 0.15) is 10.6 Å². The Morgan fingerprint density at radius 3 is 2.12 bits per heavy atom. The molecule has 0 aromatic heterocycles. The van der Waals surface area contributed by atoms with Crippen molar-refractivity contribution < 1.29 is 22.7 Å². The molecular formula is C24H26N2O5S. The lowest BCUT2D eigenvalue weighted by Crippen LogP contribution is -2.22. The molecular weight excluding hydrogens is 428 g/mol. The van der Waals surface area contributed by atoms with E-state index in [1.54, 1.807) is 74.7 Å². The maximum atomic E-state index is 13.3. The number of hydrogen-bond acceptors (Lipinski definition) is 6. The summed E-state index contributed by atoms with van der Waals surface area (Å²) in [6, 6.07) is 16.9. The Labute approximate surface area is 188 Å². The highest BCUT2D eigenvalue weighted by Crippen LogP contribution is 2.37. The van der Waals surface area contributed by atoms with Gasteiger partial charge in [-0.25, -0.2) is 8.42 Å². The summed E-state index contributed by atoms with van der Waals surface area (Å²) in [4.78, 5) is 12.6. The lowest BCUT2D eigenvalue weighted by Gasteiger charge is -2.17. The summed E-state index contributed by atoms with van der Waals surface area (Å²) in [6.45, 7) is 3.61. The highest BCUT2D eigenvalue weighted by Gasteiger charge is 2.25. The molecule has 0 aliphatic carbocycles. The third-order valence-electron chi connectivity index (χ3n) is 4.84. The SMILES string of the molecule is COc1ccc(NC(=O)CNc2cc(C)cc(S(=O)(=O)c3ccc(C)cc3)c2OC)cc1. The van der Waals surface area contributed by atoms with Crippen molar-refractivity contribution in [3.8, 4) is 11.5 Å². The number of sulfone groups is 1. The van der Waals surface area contributed by atoms with Crippen molar-refractivity contribution in [2.24, 2.45) is 0 Å². The summed E-state index contributed by atoms with van der Waals surface area (Å²) in [6.07, 6.45) is 0. The van der Waals surface area contributed by atoms with Gasteiger partial charge in [-0.05, 0) is 67.9 Å². The lowest BCUT2D eigenvalue weighted by molar-refractivity contribution is -0.114. The monoisotopic (exact) mass is 454 g/mol. The predicted octanol–water partition coefficient (Wildman–Crippen LogP) is 4.20. The zero-order valence-corrected chi connectivity index (χ0v) is 19.2. The number of hydrogen-bond donors (Lipinski definition) is 2. The number of carbonyl (C=O) groups excluding carboxylic acids is 1. The molecule has 0 aliphatic rings. The summed E-state index contributed by atoms with van der Waals surface area (Å²) in [5.74, 6) is 0.558. The first-order valence-corrected chi connectivity index (χ1v) is 11.4. The molecule has 0 saturated carbocycles. The van der Waals surface area contributed by atoms with Crippen LogP contribution in [0, 0.1) is 13.8 Å². The molecule has 3 aromatic carbocycles. The molecule has 0 saturated heterocycles. The maximum absolute atomic E-state index is 13.3. The van der Waals surface area contributed by atoms with E-state index in [1.807, 2.05) is 6.92 Å². The summed E-state index contributed by atoms with van der Waals surface area (Å²) in [5.41, 5.74) is 2.72. The number of carbonyl (C=O) groups is 1. The molecule has 0 heterocycles. The smallest absolute Gasteiger partial charge is 0.243 e. The van der Waals surface area contributed by atoms with Crippen molar-refractivity contribution in [3.63, 3.8) is 0 Å². The van der Waals surface area contributed by atoms with Gasteiger partial charge in [-0.3, -0.25) is 4.79 Å². The van der Waals surface area contributed by atoms with Crippen molar-refractivity contribution >= 4 is 27.1 Å². The molecule has 0 radical (unpaired) electrons. The first kappa shape index (κ1) is 23.1. The second-order valence-electron chi connectivity index (χ2n) is 7.29. The lowest BCUT2D eigenvalue weighted by atomic mass is 10.2. The number of ether oxygens (including phenoxy) is 2. The number of benzene rings is 3. The molecule has 32 heavy (non-hydrogen) atoms. The van der Waals surface area contributed by atoms with E-state index in [0.717, 1.165) is 11.1 Å². The van der Waals surface area contributed by atoms with Crippen LogP contribution in [0.3, 0.4) is 0 Å². The van der Waals surface area contributed by atoms with E-state index in [4.69, 9.17) is 9.47 Å². The Morgan fingerprint density at radius 2 is 1.53 bits per heavy atom. The van der Waals surface area contributed by atoms with Crippen molar-refractivity contribution in [2.75, 3.05) is 31.4 Å². The minimum absolute atomic E-state index is 0.0434. The van der Waals surface area contributed by atoms with Gasteiger partial charge in [0.05, 0.1) is 31.3 Å². The molecule has 7 nitrogen and oxygen atoms in total. The number of rotatable bonds is 8. The van der Waals surface area contributed by atoms with E-state index in [2.05, 4.69) is 10.6 Å². The fourth-order valence-electron chi connectivity index (χ4n) is 3.18. The van der Waals surface area contributed by atoms with E-state index in [-0.39, 0.29) is 28.0 Å². The van der Waals surface area contributed by atoms with Gasteiger partial charge < -0.3 is 20.1 Å². The Balaban J connectivity index is 1.83. The number of amides is 1. The van der Waals surface area contributed by atoms with E-state index in [1.165, 1.54) is 7.11 Å². The van der Waals surface area contributed by atoms with Crippen LogP contribution in [0.4, 0.5) is 11.4 Å². The Morgan fingerprint density at radius 1 is 0.875 bits per heavy atom. The fraction of sp³-hybridized carbons (Fsp3) is 0.208. The quantitative estimate of drug-likeness (QED) is 0.530. The molecule has 2 N–H and O–H groups in total. The zero-order chi connectivity index (χ0) is 23.3. The minimum atomic E-state index is -3.81. The van der Waals surface area contributed by atoms with Crippen LogP contribution in [0.25, 0.3) is 0 Å². The van der Waals surface area contributed by atoms with Gasteiger partial charge in [0.25, 0.3) is 0 Å². The number of anilines is 2. The molecule has 3 aromatic rings. The Kier molecular flexibility index (Phi) is 7.05. The van der Waals surface area contributed by atoms with Crippen molar-refractivity contribution in [1.82, 2.24) is 0 Å². The van der Waals surface area contributed by atoms with Crippen molar-refractivity contribution in [2.45, 2.75) is 23.6 Å². The van der Waals surface area contributed by atoms with Gasteiger partial charge in [0, 0.05) is 5.69 Å². The van der Waals surface area contributed by atoms with Crippen LogP contribution in [0.2, 0.25) is 0 Å². The van der Waals surface area contributed by atoms with Crippen LogP contribution in [0.5, 0.6) is 11.5 Å². The largest absolute Gasteiger partial charge is 0.497 e. The number of nitrogens with one attached hydrogen (secondary N) is 2. The molecule has 8 heteroatoms. The highest BCUT2D eigenvalue weighted by atomic mass is 32.2. The molecule has 3 rings (SSSR count). The average molecular weight is 455 g/mol. The molecule has 0 spiro atoms. The normalized spacial score (nSPS) is 11.0. The Hall–Kier alpha value is -3.52. The topological polar surface area (TPSA) is 93.7 Å². The predicted molar refractivity (Wildman–Crippen MR) is 124 cm³/mol. The average Bonchev–Trinajstić information content (AvgIpc) is 2.78. The summed E-state index contributed by atoms with van der Waals surface area (Å²) in [5, 5.41) is 5.77. The second kappa shape index (κ2) is 9.74. The van der Waals surface area contributed by atoms with Gasteiger partial charge >= 0.3 is 0 Å². The maximum Gasteiger partial charge on any atom is 0.243 e. The van der Waals surface area contributed by atoms with Gasteiger partial charge in [0.15, 0.2) is 5.75 Å². The second-order valence-corrected chi connectivity index (χ2v) is 9.21. The fourth-order valence-corrected chi connectivity index (χ4v) is 4.71. The van der Waals surface area contributed by atoms with E-state index in [0.29, 0.717) is 17.1 Å². The van der Waals surface area contributed by atoms with Gasteiger partial charge in [-0.15, -0.1) is 0 Å². The zero-order valence-electron chi connectivity index (χ0n) is 18.4. The molecule has 0 unspecified atom stereocenters. The molecule has 0 bridgehead atoms. The van der Waals surface area contributed by atoms with Gasteiger partial charge in [-0.1, -0.05) is 17.7 Å². The van der Waals surface area contributed by atoms with Crippen molar-refractivity contribution in [3.05, 3.63) is 71.8 Å². The minimum Gasteiger partial charge on any atom is -0.497 e. The van der Waals surface area contributed by atoms with E-state index >= 15 is 0 Å². The Bertz CT molecular complexity index is 1200. The van der Waals surface area contributed by atoms with Crippen LogP contribution < -0.4 is 20.1 Å². The van der Waals surface area contributed by atoms with Gasteiger partial charge in [-0.2, -0.15) is 0 Å². The number of aryl methyl sites for hydroxylation is 2. The van der Waals surface area contributed by atoms with E-state index in [9.17, 15) is 13.2 Å². The standard InChI is InChI=1S/C24H26N2O5S/c1-16-5-11-20(12-6-16)32(28,29)22-14-17(2)13-21(24(22)31-4)25-15-23(27)26-18-7-9-19(30-3)10-8-18/h5-14,25H,15H2,1-4H3,(H,26,27). The summed E-state index contributed by atoms with van der Waals surface area (Å²) >= 11 is 0. The molecule has 1 amide bonds. The molecule has 0 aliphatic heterocycles. The molecule has 168 valence electrons. The van der Waals surface area contributed by atoms with Crippen LogP contribution in [0.15, 0.2) is 70.5 Å². The third kappa shape index (κ3) is 5.20. The number of methoxy groups -OCH3 is 2. The van der Waals surface area contributed by atoms with Crippen LogP contribution in [0.1, 0.15) is 11.1 Å². The third-order valence-corrected chi connectivity index (χ3v) is 6.61. The van der Waals surface area contributed by atoms with E-state index < -0.39 is 9.84 Å². The molecule has 0 fully saturated rings. The first-order valence-electron chi connectivity index (χ1n) is 9.92. The highest BCUT2D eigenvalue weighted by molar-refractivity contribution is 7.91. The summed E-state index contributed by atoms with van der Waals surface area (Å²) < 4.78 is 37.1. The van der Waals surface area contributed by atoms with Crippen LogP contribution in [-0.4, -0.2) is 35.1 Å². The summed E-state index contributed by atoms with van der Waals surface area (Å²) in [7, 11) is -0.841. The van der Waals surface area contributed by atoms with Crippen LogP contribution in [-0.2, 0) is 14.6 Å². The molecule has 0 atom stereocenters. The van der Waals surface area contributed by atoms with Crippen molar-refractivity contribution in [1.29, 1.82) is 0 Å².